The molecule has 6 nitrogen and oxygen atoms in total. The van der Waals surface area contributed by atoms with Gasteiger partial charge in [0.15, 0.2) is 0 Å². The first-order chi connectivity index (χ1) is 10.8. The van der Waals surface area contributed by atoms with E-state index in [1.54, 1.807) is 18.2 Å². The first-order valence-electron chi connectivity index (χ1n) is 6.62. The highest BCUT2D eigenvalue weighted by molar-refractivity contribution is 5.68. The van der Waals surface area contributed by atoms with Crippen molar-refractivity contribution >= 4 is 6.09 Å². The molecule has 3 rings (SSSR count). The van der Waals surface area contributed by atoms with Crippen LogP contribution in [0.5, 0.6) is 5.75 Å². The number of alkyl halides is 3. The van der Waals surface area contributed by atoms with Gasteiger partial charge in [0.1, 0.15) is 12.4 Å². The van der Waals surface area contributed by atoms with Crippen molar-refractivity contribution in [1.82, 2.24) is 14.7 Å². The number of amides is 1. The molecule has 1 aromatic heterocycles. The molecule has 1 N–H and O–H groups in total. The summed E-state index contributed by atoms with van der Waals surface area (Å²) in [6.45, 7) is 0.170. The molecule has 1 aliphatic heterocycles. The van der Waals surface area contributed by atoms with Crippen molar-refractivity contribution < 1.29 is 27.8 Å². The number of benzene rings is 1. The fourth-order valence-electron chi connectivity index (χ4n) is 2.44. The molecule has 122 valence electrons. The molecule has 1 atom stereocenters. The molecule has 0 saturated heterocycles. The Morgan fingerprint density at radius 3 is 2.78 bits per heavy atom. The molecule has 2 heterocycles. The quantitative estimate of drug-likeness (QED) is 0.920. The van der Waals surface area contributed by atoms with Gasteiger partial charge in [-0.2, -0.15) is 9.78 Å². The smallest absolute Gasteiger partial charge is 0.491 e. The molecule has 1 unspecified atom stereocenters. The zero-order valence-corrected chi connectivity index (χ0v) is 11.9. The van der Waals surface area contributed by atoms with E-state index in [9.17, 15) is 18.0 Å². The lowest BCUT2D eigenvalue weighted by atomic mass is 10.0. The standard InChI is InChI=1S/C14H12F3N3O3/c1-19(13(21)22)11-7-23-12-4-8(2-3-10(11)12)9-5-18-20(6-9)14(15,16)17/h2-6,11H,7H2,1H3,(H,21,22). The summed E-state index contributed by atoms with van der Waals surface area (Å²) >= 11 is 0. The molecule has 0 bridgehead atoms. The van der Waals surface area contributed by atoms with Gasteiger partial charge in [0.05, 0.1) is 12.2 Å². The highest BCUT2D eigenvalue weighted by Gasteiger charge is 2.33. The maximum Gasteiger partial charge on any atom is 0.504 e. The van der Waals surface area contributed by atoms with E-state index in [0.29, 0.717) is 22.4 Å². The number of ether oxygens (including phenoxy) is 1. The van der Waals surface area contributed by atoms with E-state index in [1.165, 1.54) is 7.05 Å². The summed E-state index contributed by atoms with van der Waals surface area (Å²) < 4.78 is 43.1. The molecule has 0 aliphatic carbocycles. The monoisotopic (exact) mass is 327 g/mol. The summed E-state index contributed by atoms with van der Waals surface area (Å²) in [6.07, 6.45) is -3.65. The number of fused-ring (bicyclic) bond motifs is 1. The van der Waals surface area contributed by atoms with Crippen LogP contribution in [0.3, 0.4) is 0 Å². The Hall–Kier alpha value is -2.71. The van der Waals surface area contributed by atoms with Crippen LogP contribution < -0.4 is 4.74 Å². The van der Waals surface area contributed by atoms with Gasteiger partial charge in [0.2, 0.25) is 0 Å². The van der Waals surface area contributed by atoms with E-state index in [0.717, 1.165) is 17.3 Å². The summed E-state index contributed by atoms with van der Waals surface area (Å²) in [6, 6.07) is 4.43. The van der Waals surface area contributed by atoms with Crippen molar-refractivity contribution in [1.29, 1.82) is 0 Å². The van der Waals surface area contributed by atoms with Crippen LogP contribution in [0.2, 0.25) is 0 Å². The van der Waals surface area contributed by atoms with Crippen LogP contribution in [0.1, 0.15) is 11.6 Å². The van der Waals surface area contributed by atoms with E-state index in [4.69, 9.17) is 9.84 Å². The predicted molar refractivity (Wildman–Crippen MR) is 73.0 cm³/mol. The summed E-state index contributed by atoms with van der Waals surface area (Å²) in [4.78, 5) is 12.2. The first-order valence-corrected chi connectivity index (χ1v) is 6.62. The molecule has 23 heavy (non-hydrogen) atoms. The van der Waals surface area contributed by atoms with Gasteiger partial charge in [0.25, 0.3) is 0 Å². The van der Waals surface area contributed by atoms with Gasteiger partial charge in [-0.1, -0.05) is 12.1 Å². The van der Waals surface area contributed by atoms with Gasteiger partial charge in [-0.25, -0.2) is 4.79 Å². The van der Waals surface area contributed by atoms with Crippen molar-refractivity contribution in [3.8, 4) is 16.9 Å². The zero-order valence-electron chi connectivity index (χ0n) is 11.9. The molecule has 1 aliphatic rings. The van der Waals surface area contributed by atoms with Crippen LogP contribution in [0.4, 0.5) is 18.0 Å². The number of aromatic nitrogens is 2. The van der Waals surface area contributed by atoms with Gasteiger partial charge in [-0.15, -0.1) is 13.2 Å². The minimum Gasteiger partial charge on any atom is -0.491 e. The van der Waals surface area contributed by atoms with Crippen molar-refractivity contribution in [2.24, 2.45) is 0 Å². The molecule has 0 spiro atoms. The van der Waals surface area contributed by atoms with E-state index in [1.807, 2.05) is 0 Å². The molecule has 0 fully saturated rings. The van der Waals surface area contributed by atoms with Crippen LogP contribution in [0.25, 0.3) is 11.1 Å². The van der Waals surface area contributed by atoms with Crippen LogP contribution in [-0.2, 0) is 6.30 Å². The maximum absolute atomic E-state index is 12.6. The van der Waals surface area contributed by atoms with Crippen LogP contribution >= 0.6 is 0 Å². The van der Waals surface area contributed by atoms with E-state index in [2.05, 4.69) is 5.10 Å². The average molecular weight is 327 g/mol. The van der Waals surface area contributed by atoms with Crippen LogP contribution in [0.15, 0.2) is 30.6 Å². The number of likely N-dealkylation sites (N-methyl/N-ethyl adjacent to an activating group) is 1. The molecule has 2 aromatic rings. The fourth-order valence-corrected chi connectivity index (χ4v) is 2.44. The third kappa shape index (κ3) is 2.69. The Morgan fingerprint density at radius 2 is 2.17 bits per heavy atom. The van der Waals surface area contributed by atoms with E-state index >= 15 is 0 Å². The lowest BCUT2D eigenvalue weighted by molar-refractivity contribution is -0.212. The molecule has 0 radical (unpaired) electrons. The third-order valence-electron chi connectivity index (χ3n) is 3.71. The van der Waals surface area contributed by atoms with Crippen LogP contribution in [0, 0.1) is 0 Å². The molecule has 9 heteroatoms. The normalized spacial score (nSPS) is 16.8. The van der Waals surface area contributed by atoms with E-state index < -0.39 is 18.4 Å². The lowest BCUT2D eigenvalue weighted by Crippen LogP contribution is -2.30. The van der Waals surface area contributed by atoms with Gasteiger partial charge in [-0.05, 0) is 11.6 Å². The van der Waals surface area contributed by atoms with Gasteiger partial charge >= 0.3 is 12.4 Å². The molecular formula is C14H12F3N3O3. The Bertz CT molecular complexity index is 757. The summed E-state index contributed by atoms with van der Waals surface area (Å²) in [7, 11) is 1.44. The second-order valence-corrected chi connectivity index (χ2v) is 5.11. The third-order valence-corrected chi connectivity index (χ3v) is 3.71. The van der Waals surface area contributed by atoms with Crippen molar-refractivity contribution in [3.63, 3.8) is 0 Å². The topological polar surface area (TPSA) is 67.6 Å². The van der Waals surface area contributed by atoms with Crippen LogP contribution in [-0.4, -0.2) is 39.5 Å². The first kappa shape index (κ1) is 15.2. The van der Waals surface area contributed by atoms with Crippen molar-refractivity contribution in [2.75, 3.05) is 13.7 Å². The van der Waals surface area contributed by atoms with Crippen molar-refractivity contribution in [3.05, 3.63) is 36.2 Å². The fraction of sp³-hybridized carbons (Fsp3) is 0.286. The highest BCUT2D eigenvalue weighted by atomic mass is 19.4. The predicted octanol–water partition coefficient (Wildman–Crippen LogP) is 3.07. The number of hydrogen-bond donors (Lipinski definition) is 1. The highest BCUT2D eigenvalue weighted by Crippen LogP contribution is 2.38. The SMILES string of the molecule is CN(C(=O)O)C1COc2cc(-c3cnn(C(F)(F)F)c3)ccc21. The Balaban J connectivity index is 1.91. The molecular weight excluding hydrogens is 315 g/mol. The number of halogens is 3. The minimum atomic E-state index is -4.57. The minimum absolute atomic E-state index is 0.0720. The molecule has 0 saturated carbocycles. The van der Waals surface area contributed by atoms with E-state index in [-0.39, 0.29) is 11.3 Å². The summed E-state index contributed by atoms with van der Waals surface area (Å²) in [5.74, 6) is 0.459. The number of carboxylic acid groups (broad SMARTS) is 1. The number of hydrogen-bond acceptors (Lipinski definition) is 3. The summed E-state index contributed by atoms with van der Waals surface area (Å²) in [5, 5.41) is 12.3. The Labute approximate surface area is 128 Å². The van der Waals surface area contributed by atoms with Crippen molar-refractivity contribution in [2.45, 2.75) is 12.3 Å². The van der Waals surface area contributed by atoms with Gasteiger partial charge in [0, 0.05) is 24.4 Å². The largest absolute Gasteiger partial charge is 0.504 e. The number of rotatable bonds is 2. The Morgan fingerprint density at radius 1 is 1.43 bits per heavy atom. The zero-order chi connectivity index (χ0) is 16.8. The number of nitrogens with zero attached hydrogens (tertiary/aromatic N) is 3. The second kappa shape index (κ2) is 5.18. The summed E-state index contributed by atoms with van der Waals surface area (Å²) in [5.41, 5.74) is 1.49. The molecule has 1 aromatic carbocycles. The van der Waals surface area contributed by atoms with Gasteiger partial charge in [-0.3, -0.25) is 0 Å². The second-order valence-electron chi connectivity index (χ2n) is 5.11. The average Bonchev–Trinajstić information content (AvgIpc) is 3.12. The Kier molecular flexibility index (Phi) is 3.42. The molecule has 1 amide bonds. The van der Waals surface area contributed by atoms with Gasteiger partial charge < -0.3 is 14.7 Å². The number of carbonyl (C=O) groups is 1. The lowest BCUT2D eigenvalue weighted by Gasteiger charge is -2.19. The maximum atomic E-state index is 12.6.